The number of alkyl halides is 2. The number of carboxylic acids is 1. The molecule has 5 heteroatoms. The number of rotatable bonds is 3. The SMILES string of the molecule is Cc1ccc(OC(F)F)c(C(=O)O)c1. The summed E-state index contributed by atoms with van der Waals surface area (Å²) in [4.78, 5) is 10.6. The largest absolute Gasteiger partial charge is 0.478 e. The Morgan fingerprint density at radius 2 is 2.14 bits per heavy atom. The molecule has 3 nitrogen and oxygen atoms in total. The molecule has 0 amide bonds. The van der Waals surface area contributed by atoms with Gasteiger partial charge in [0.15, 0.2) is 0 Å². The van der Waals surface area contributed by atoms with Gasteiger partial charge in [0, 0.05) is 0 Å². The summed E-state index contributed by atoms with van der Waals surface area (Å²) in [5, 5.41) is 8.68. The maximum atomic E-state index is 11.8. The third kappa shape index (κ3) is 2.42. The van der Waals surface area contributed by atoms with Crippen molar-refractivity contribution < 1.29 is 23.4 Å². The van der Waals surface area contributed by atoms with E-state index in [-0.39, 0.29) is 11.3 Å². The molecule has 1 aromatic carbocycles. The zero-order chi connectivity index (χ0) is 10.7. The fourth-order valence-corrected chi connectivity index (χ4v) is 1.01. The Morgan fingerprint density at radius 1 is 1.50 bits per heavy atom. The van der Waals surface area contributed by atoms with E-state index in [4.69, 9.17) is 5.11 Å². The van der Waals surface area contributed by atoms with Crippen LogP contribution in [0.3, 0.4) is 0 Å². The second-order valence-corrected chi connectivity index (χ2v) is 2.68. The average Bonchev–Trinajstić information content (AvgIpc) is 2.07. The Labute approximate surface area is 78.9 Å². The van der Waals surface area contributed by atoms with Crippen molar-refractivity contribution in [2.45, 2.75) is 13.5 Å². The first-order valence-electron chi connectivity index (χ1n) is 3.79. The molecular formula is C9H8F2O3. The standard InChI is InChI=1S/C9H8F2O3/c1-5-2-3-7(14-9(10)11)6(4-5)8(12)13/h2-4,9H,1H3,(H,12,13). The van der Waals surface area contributed by atoms with Crippen LogP contribution in [0.2, 0.25) is 0 Å². The van der Waals surface area contributed by atoms with Gasteiger partial charge in [-0.15, -0.1) is 0 Å². The van der Waals surface area contributed by atoms with Gasteiger partial charge in [-0.05, 0) is 19.1 Å². The first-order valence-corrected chi connectivity index (χ1v) is 3.79. The number of halogens is 2. The molecule has 1 N–H and O–H groups in total. The highest BCUT2D eigenvalue weighted by atomic mass is 19.3. The molecule has 1 aromatic rings. The van der Waals surface area contributed by atoms with Crippen LogP contribution in [-0.4, -0.2) is 17.7 Å². The summed E-state index contributed by atoms with van der Waals surface area (Å²) >= 11 is 0. The molecule has 1 rings (SSSR count). The van der Waals surface area contributed by atoms with Crippen molar-refractivity contribution in [3.8, 4) is 5.75 Å². The van der Waals surface area contributed by atoms with Crippen molar-refractivity contribution in [2.75, 3.05) is 0 Å². The lowest BCUT2D eigenvalue weighted by atomic mass is 10.1. The van der Waals surface area contributed by atoms with Crippen molar-refractivity contribution in [3.63, 3.8) is 0 Å². The van der Waals surface area contributed by atoms with Gasteiger partial charge in [-0.2, -0.15) is 8.78 Å². The molecule has 0 radical (unpaired) electrons. The van der Waals surface area contributed by atoms with Crippen molar-refractivity contribution in [1.29, 1.82) is 0 Å². The second kappa shape index (κ2) is 4.04. The predicted molar refractivity (Wildman–Crippen MR) is 44.8 cm³/mol. The second-order valence-electron chi connectivity index (χ2n) is 2.68. The van der Waals surface area contributed by atoms with E-state index in [0.29, 0.717) is 5.56 Å². The molecule has 0 aliphatic heterocycles. The van der Waals surface area contributed by atoms with E-state index >= 15 is 0 Å². The minimum absolute atomic E-state index is 0.259. The van der Waals surface area contributed by atoms with Gasteiger partial charge in [0.1, 0.15) is 11.3 Å². The topological polar surface area (TPSA) is 46.5 Å². The fourth-order valence-electron chi connectivity index (χ4n) is 1.01. The number of carboxylic acid groups (broad SMARTS) is 1. The minimum atomic E-state index is -3.02. The molecule has 0 saturated heterocycles. The number of aryl methyl sites for hydroxylation is 1. The van der Waals surface area contributed by atoms with Gasteiger partial charge in [-0.1, -0.05) is 11.6 Å². The van der Waals surface area contributed by atoms with Gasteiger partial charge in [-0.25, -0.2) is 4.79 Å². The average molecular weight is 202 g/mol. The number of aromatic carboxylic acids is 1. The summed E-state index contributed by atoms with van der Waals surface area (Å²) in [6.45, 7) is -1.35. The van der Waals surface area contributed by atoms with Gasteiger partial charge in [-0.3, -0.25) is 0 Å². The Hall–Kier alpha value is -1.65. The summed E-state index contributed by atoms with van der Waals surface area (Å²) in [7, 11) is 0. The Balaban J connectivity index is 3.08. The van der Waals surface area contributed by atoms with Crippen LogP contribution < -0.4 is 4.74 Å². The van der Waals surface area contributed by atoms with Crippen molar-refractivity contribution in [2.24, 2.45) is 0 Å². The molecule has 0 heterocycles. The van der Waals surface area contributed by atoms with Gasteiger partial charge in [0.05, 0.1) is 0 Å². The van der Waals surface area contributed by atoms with E-state index < -0.39 is 12.6 Å². The van der Waals surface area contributed by atoms with E-state index in [1.807, 2.05) is 0 Å². The monoisotopic (exact) mass is 202 g/mol. The highest BCUT2D eigenvalue weighted by Crippen LogP contribution is 2.21. The molecule has 0 aliphatic rings. The molecule has 0 spiro atoms. The minimum Gasteiger partial charge on any atom is -0.478 e. The van der Waals surface area contributed by atoms with Crippen LogP contribution in [0.25, 0.3) is 0 Å². The first kappa shape index (κ1) is 10.4. The number of hydrogen-bond donors (Lipinski definition) is 1. The summed E-state index contributed by atoms with van der Waals surface area (Å²) in [5.41, 5.74) is 0.411. The van der Waals surface area contributed by atoms with Gasteiger partial charge < -0.3 is 9.84 Å². The predicted octanol–water partition coefficient (Wildman–Crippen LogP) is 2.29. The van der Waals surface area contributed by atoms with E-state index in [1.165, 1.54) is 18.2 Å². The van der Waals surface area contributed by atoms with Gasteiger partial charge in [0.2, 0.25) is 0 Å². The fraction of sp³-hybridized carbons (Fsp3) is 0.222. The molecule has 0 aromatic heterocycles. The van der Waals surface area contributed by atoms with Crippen LogP contribution in [0, 0.1) is 6.92 Å². The summed E-state index contributed by atoms with van der Waals surface area (Å²) < 4.78 is 27.7. The van der Waals surface area contributed by atoms with E-state index in [2.05, 4.69) is 4.74 Å². The van der Waals surface area contributed by atoms with Crippen LogP contribution in [0.4, 0.5) is 8.78 Å². The van der Waals surface area contributed by atoms with E-state index in [9.17, 15) is 13.6 Å². The van der Waals surface area contributed by atoms with Crippen LogP contribution >= 0.6 is 0 Å². The summed E-state index contributed by atoms with van der Waals surface area (Å²) in [5.74, 6) is -1.61. The third-order valence-corrected chi connectivity index (χ3v) is 1.58. The van der Waals surface area contributed by atoms with Gasteiger partial charge in [0.25, 0.3) is 0 Å². The lowest BCUT2D eigenvalue weighted by molar-refractivity contribution is -0.0503. The molecule has 0 saturated carbocycles. The quantitative estimate of drug-likeness (QED) is 0.817. The Kier molecular flexibility index (Phi) is 3.01. The highest BCUT2D eigenvalue weighted by molar-refractivity contribution is 5.91. The lowest BCUT2D eigenvalue weighted by Gasteiger charge is -2.07. The summed E-state index contributed by atoms with van der Waals surface area (Å²) in [6, 6.07) is 4.00. The molecule has 0 aliphatic carbocycles. The van der Waals surface area contributed by atoms with E-state index in [0.717, 1.165) is 0 Å². The molecule has 76 valence electrons. The number of hydrogen-bond acceptors (Lipinski definition) is 2. The number of carbonyl (C=O) groups is 1. The normalized spacial score (nSPS) is 10.3. The van der Waals surface area contributed by atoms with Crippen molar-refractivity contribution in [3.05, 3.63) is 29.3 Å². The lowest BCUT2D eigenvalue weighted by Crippen LogP contribution is -2.07. The van der Waals surface area contributed by atoms with Crippen LogP contribution in [0.5, 0.6) is 5.75 Å². The van der Waals surface area contributed by atoms with Crippen LogP contribution in [0.15, 0.2) is 18.2 Å². The summed E-state index contributed by atoms with van der Waals surface area (Å²) in [6.07, 6.45) is 0. The maximum absolute atomic E-state index is 11.8. The van der Waals surface area contributed by atoms with Crippen molar-refractivity contribution >= 4 is 5.97 Å². The molecule has 0 atom stereocenters. The molecule has 0 fully saturated rings. The molecule has 0 unspecified atom stereocenters. The molecule has 14 heavy (non-hydrogen) atoms. The highest BCUT2D eigenvalue weighted by Gasteiger charge is 2.14. The van der Waals surface area contributed by atoms with Crippen LogP contribution in [-0.2, 0) is 0 Å². The van der Waals surface area contributed by atoms with Crippen LogP contribution in [0.1, 0.15) is 15.9 Å². The zero-order valence-electron chi connectivity index (χ0n) is 7.33. The third-order valence-electron chi connectivity index (χ3n) is 1.58. The van der Waals surface area contributed by atoms with E-state index in [1.54, 1.807) is 6.92 Å². The Morgan fingerprint density at radius 3 is 2.64 bits per heavy atom. The number of benzene rings is 1. The first-order chi connectivity index (χ1) is 6.50. The van der Waals surface area contributed by atoms with Crippen molar-refractivity contribution in [1.82, 2.24) is 0 Å². The Bertz CT molecular complexity index is 350. The molecular weight excluding hydrogens is 194 g/mol. The van der Waals surface area contributed by atoms with Gasteiger partial charge >= 0.3 is 12.6 Å². The number of ether oxygens (including phenoxy) is 1. The molecule has 0 bridgehead atoms. The maximum Gasteiger partial charge on any atom is 0.387 e. The smallest absolute Gasteiger partial charge is 0.387 e. The zero-order valence-corrected chi connectivity index (χ0v) is 7.33.